The van der Waals surface area contributed by atoms with Crippen LogP contribution in [0.4, 0.5) is 0 Å². The lowest BCUT2D eigenvalue weighted by atomic mass is 10.1. The van der Waals surface area contributed by atoms with Crippen molar-refractivity contribution >= 4 is 33.5 Å². The first-order valence-corrected chi connectivity index (χ1v) is 8.73. The quantitative estimate of drug-likeness (QED) is 0.740. The summed E-state index contributed by atoms with van der Waals surface area (Å²) in [7, 11) is -4.07. The van der Waals surface area contributed by atoms with Crippen molar-refractivity contribution in [2.75, 3.05) is 6.61 Å². The van der Waals surface area contributed by atoms with Crippen LogP contribution in [0.15, 0.2) is 23.1 Å². The molecule has 0 heterocycles. The van der Waals surface area contributed by atoms with Gasteiger partial charge in [0, 0.05) is 6.04 Å². The molecule has 0 radical (unpaired) electrons. The number of amides is 1. The number of sulfonamides is 1. The van der Waals surface area contributed by atoms with Gasteiger partial charge in [0.05, 0.1) is 10.6 Å². The lowest BCUT2D eigenvalue weighted by Gasteiger charge is -2.17. The van der Waals surface area contributed by atoms with Crippen molar-refractivity contribution in [3.8, 4) is 0 Å². The Labute approximate surface area is 140 Å². The number of benzene rings is 1. The van der Waals surface area contributed by atoms with Crippen LogP contribution in [0.1, 0.15) is 31.1 Å². The van der Waals surface area contributed by atoms with Gasteiger partial charge in [-0.05, 0) is 31.0 Å². The fraction of sp³-hybridized carbons (Fsp3) is 0.429. The molecule has 1 amide bonds. The predicted molar refractivity (Wildman–Crippen MR) is 85.6 cm³/mol. The number of rotatable bonds is 6. The minimum Gasteiger partial charge on any atom is -0.452 e. The maximum atomic E-state index is 11.9. The van der Waals surface area contributed by atoms with Gasteiger partial charge in [-0.25, -0.2) is 18.4 Å². The summed E-state index contributed by atoms with van der Waals surface area (Å²) in [4.78, 5) is 23.1. The first kappa shape index (κ1) is 19.4. The van der Waals surface area contributed by atoms with Gasteiger partial charge in [-0.15, -0.1) is 0 Å². The number of halogens is 1. The van der Waals surface area contributed by atoms with E-state index >= 15 is 0 Å². The Morgan fingerprint density at radius 3 is 2.43 bits per heavy atom. The molecule has 1 aromatic carbocycles. The molecule has 0 saturated heterocycles. The normalized spacial score (nSPS) is 12.8. The summed E-state index contributed by atoms with van der Waals surface area (Å²) in [5.74, 6) is -1.05. The van der Waals surface area contributed by atoms with Crippen LogP contribution in [0.25, 0.3) is 0 Å². The van der Waals surface area contributed by atoms with E-state index in [0.29, 0.717) is 0 Å². The molecule has 0 spiro atoms. The highest BCUT2D eigenvalue weighted by Crippen LogP contribution is 2.21. The molecule has 3 N–H and O–H groups in total. The highest BCUT2D eigenvalue weighted by molar-refractivity contribution is 7.89. The van der Waals surface area contributed by atoms with Crippen molar-refractivity contribution in [3.63, 3.8) is 0 Å². The van der Waals surface area contributed by atoms with E-state index < -0.39 is 28.5 Å². The summed E-state index contributed by atoms with van der Waals surface area (Å²) in [6.45, 7) is 5.25. The fourth-order valence-corrected chi connectivity index (χ4v) is 2.60. The van der Waals surface area contributed by atoms with Gasteiger partial charge in [-0.1, -0.05) is 25.4 Å². The van der Waals surface area contributed by atoms with Crippen LogP contribution in [-0.2, 0) is 19.6 Å². The predicted octanol–water partition coefficient (Wildman–Crippen LogP) is 1.30. The number of nitrogens with two attached hydrogens (primary N) is 1. The molecule has 1 atom stereocenters. The summed E-state index contributed by atoms with van der Waals surface area (Å²) in [5, 5.41) is 7.58. The monoisotopic (exact) mass is 362 g/mol. The largest absolute Gasteiger partial charge is 0.452 e. The molecule has 128 valence electrons. The standard InChI is InChI=1S/C14H19ClN2O5S/c1-8(2)9(3)17-13(18)7-22-14(19)10-4-5-11(15)12(6-10)23(16,20)21/h4-6,8-9H,7H2,1-3H3,(H,17,18)(H2,16,20,21)/t9-/m0/s1. The molecule has 0 aliphatic rings. The molecule has 0 aromatic heterocycles. The highest BCUT2D eigenvalue weighted by Gasteiger charge is 2.18. The van der Waals surface area contributed by atoms with Crippen molar-refractivity contribution < 1.29 is 22.7 Å². The average Bonchev–Trinajstić information content (AvgIpc) is 2.43. The number of hydrogen-bond acceptors (Lipinski definition) is 5. The van der Waals surface area contributed by atoms with Gasteiger partial charge >= 0.3 is 5.97 Å². The van der Waals surface area contributed by atoms with E-state index in [1.165, 1.54) is 12.1 Å². The first-order chi connectivity index (χ1) is 10.5. The molecule has 0 fully saturated rings. The number of hydrogen-bond donors (Lipinski definition) is 2. The Bertz CT molecular complexity index is 703. The Balaban J connectivity index is 2.75. The zero-order valence-electron chi connectivity index (χ0n) is 13.0. The number of nitrogens with one attached hydrogen (secondary N) is 1. The summed E-state index contributed by atoms with van der Waals surface area (Å²) in [6, 6.07) is 3.45. The van der Waals surface area contributed by atoms with E-state index in [4.69, 9.17) is 21.5 Å². The summed E-state index contributed by atoms with van der Waals surface area (Å²) in [5.41, 5.74) is -0.0665. The molecule has 23 heavy (non-hydrogen) atoms. The second-order valence-electron chi connectivity index (χ2n) is 5.37. The van der Waals surface area contributed by atoms with Crippen LogP contribution in [-0.4, -0.2) is 32.9 Å². The number of primary sulfonamides is 1. The van der Waals surface area contributed by atoms with E-state index in [2.05, 4.69) is 5.32 Å². The second-order valence-corrected chi connectivity index (χ2v) is 7.30. The molecular weight excluding hydrogens is 344 g/mol. The van der Waals surface area contributed by atoms with Gasteiger partial charge in [0.25, 0.3) is 5.91 Å². The minimum atomic E-state index is -4.07. The van der Waals surface area contributed by atoms with Crippen molar-refractivity contribution in [3.05, 3.63) is 28.8 Å². The third kappa shape index (κ3) is 5.81. The van der Waals surface area contributed by atoms with E-state index in [1.54, 1.807) is 0 Å². The Hall–Kier alpha value is -1.64. The fourth-order valence-electron chi connectivity index (χ4n) is 1.53. The van der Waals surface area contributed by atoms with Crippen LogP contribution in [0.3, 0.4) is 0 Å². The van der Waals surface area contributed by atoms with E-state index in [1.807, 2.05) is 20.8 Å². The third-order valence-electron chi connectivity index (χ3n) is 3.20. The first-order valence-electron chi connectivity index (χ1n) is 6.81. The Morgan fingerprint density at radius 2 is 1.91 bits per heavy atom. The number of esters is 1. The Morgan fingerprint density at radius 1 is 1.30 bits per heavy atom. The maximum absolute atomic E-state index is 11.9. The van der Waals surface area contributed by atoms with Crippen molar-refractivity contribution in [2.24, 2.45) is 11.1 Å². The number of ether oxygens (including phenoxy) is 1. The zero-order chi connectivity index (χ0) is 17.8. The van der Waals surface area contributed by atoms with Gasteiger partial charge in [0.2, 0.25) is 10.0 Å². The second kappa shape index (κ2) is 7.76. The summed E-state index contributed by atoms with van der Waals surface area (Å²) in [6.07, 6.45) is 0. The topological polar surface area (TPSA) is 116 Å². The van der Waals surface area contributed by atoms with E-state index in [-0.39, 0.29) is 27.4 Å². The smallest absolute Gasteiger partial charge is 0.338 e. The lowest BCUT2D eigenvalue weighted by Crippen LogP contribution is -2.38. The summed E-state index contributed by atoms with van der Waals surface area (Å²) < 4.78 is 27.6. The highest BCUT2D eigenvalue weighted by atomic mass is 35.5. The van der Waals surface area contributed by atoms with Gasteiger partial charge in [0.15, 0.2) is 6.61 Å². The molecule has 0 saturated carbocycles. The van der Waals surface area contributed by atoms with Crippen molar-refractivity contribution in [2.45, 2.75) is 31.7 Å². The van der Waals surface area contributed by atoms with E-state index in [0.717, 1.165) is 6.07 Å². The molecule has 0 aliphatic carbocycles. The molecule has 9 heteroatoms. The van der Waals surface area contributed by atoms with Crippen LogP contribution in [0.2, 0.25) is 5.02 Å². The average molecular weight is 363 g/mol. The van der Waals surface area contributed by atoms with E-state index in [9.17, 15) is 18.0 Å². The van der Waals surface area contributed by atoms with Gasteiger partial charge in [-0.3, -0.25) is 4.79 Å². The molecule has 7 nitrogen and oxygen atoms in total. The molecule has 1 aromatic rings. The van der Waals surface area contributed by atoms with Crippen molar-refractivity contribution in [1.29, 1.82) is 0 Å². The van der Waals surface area contributed by atoms with Crippen LogP contribution in [0.5, 0.6) is 0 Å². The van der Waals surface area contributed by atoms with Crippen molar-refractivity contribution in [1.82, 2.24) is 5.32 Å². The van der Waals surface area contributed by atoms with Crippen LogP contribution >= 0.6 is 11.6 Å². The molecule has 1 rings (SSSR count). The molecular formula is C14H19ClN2O5S. The zero-order valence-corrected chi connectivity index (χ0v) is 14.6. The lowest BCUT2D eigenvalue weighted by molar-refractivity contribution is -0.125. The number of carbonyl (C=O) groups is 2. The number of carbonyl (C=O) groups excluding carboxylic acids is 2. The molecule has 0 unspecified atom stereocenters. The maximum Gasteiger partial charge on any atom is 0.338 e. The minimum absolute atomic E-state index is 0.0641. The Kier molecular flexibility index (Phi) is 6.55. The van der Waals surface area contributed by atoms with Gasteiger partial charge in [0.1, 0.15) is 4.90 Å². The summed E-state index contributed by atoms with van der Waals surface area (Å²) >= 11 is 5.72. The molecule has 0 bridgehead atoms. The molecule has 0 aliphatic heterocycles. The third-order valence-corrected chi connectivity index (χ3v) is 4.59. The van der Waals surface area contributed by atoms with Gasteiger partial charge in [-0.2, -0.15) is 0 Å². The van der Waals surface area contributed by atoms with Crippen LogP contribution in [0, 0.1) is 5.92 Å². The van der Waals surface area contributed by atoms with Gasteiger partial charge < -0.3 is 10.1 Å². The van der Waals surface area contributed by atoms with Crippen LogP contribution < -0.4 is 10.5 Å². The SMILES string of the molecule is CC(C)[C@H](C)NC(=O)COC(=O)c1ccc(Cl)c(S(N)(=O)=O)c1.